The zero-order valence-electron chi connectivity index (χ0n) is 21.3. The summed E-state index contributed by atoms with van der Waals surface area (Å²) in [5, 5.41) is 14.1. The van der Waals surface area contributed by atoms with Crippen LogP contribution in [0.15, 0.2) is 53.4 Å². The molecule has 206 valence electrons. The molecule has 0 heterocycles. The minimum Gasteiger partial charge on any atom is -0.339 e. The molecule has 1 unspecified atom stereocenters. The van der Waals surface area contributed by atoms with Crippen molar-refractivity contribution in [3.05, 3.63) is 54.1 Å². The maximum absolute atomic E-state index is 14.5. The lowest BCUT2D eigenvalue weighted by molar-refractivity contribution is -0.161. The second kappa shape index (κ2) is 11.4. The Morgan fingerprint density at radius 3 is 1.97 bits per heavy atom. The summed E-state index contributed by atoms with van der Waals surface area (Å²) in [4.78, 5) is 13.0. The first-order chi connectivity index (χ1) is 17.6. The highest BCUT2D eigenvalue weighted by atomic mass is 32.2. The van der Waals surface area contributed by atoms with E-state index in [0.717, 1.165) is 19.1 Å². The molecule has 2 aromatic rings. The van der Waals surface area contributed by atoms with E-state index < -0.39 is 52.1 Å². The molecule has 3 atom stereocenters. The number of sulfone groups is 1. The van der Waals surface area contributed by atoms with Crippen molar-refractivity contribution in [1.29, 1.82) is 5.26 Å². The summed E-state index contributed by atoms with van der Waals surface area (Å²) in [6, 6.07) is 8.66. The largest absolute Gasteiger partial charge is 0.407 e. The number of carbonyl (C=O) groups excluding carboxylic acids is 1. The second-order valence-corrected chi connectivity index (χ2v) is 12.4. The fourth-order valence-corrected chi connectivity index (χ4v) is 4.79. The van der Waals surface area contributed by atoms with Gasteiger partial charge in [-0.15, -0.1) is 0 Å². The van der Waals surface area contributed by atoms with E-state index >= 15 is 0 Å². The van der Waals surface area contributed by atoms with Gasteiger partial charge in [0.25, 0.3) is 0 Å². The summed E-state index contributed by atoms with van der Waals surface area (Å²) in [5.41, 5.74) is -0.967. The Morgan fingerprint density at radius 1 is 1.03 bits per heavy atom. The van der Waals surface area contributed by atoms with Crippen molar-refractivity contribution in [2.45, 2.75) is 74.4 Å². The summed E-state index contributed by atoms with van der Waals surface area (Å²) in [6.07, 6.45) is -1.99. The predicted molar refractivity (Wildman–Crippen MR) is 135 cm³/mol. The number of hydrogen-bond acceptors (Lipinski definition) is 5. The molecule has 6 nitrogen and oxygen atoms in total. The van der Waals surface area contributed by atoms with Gasteiger partial charge in [0.1, 0.15) is 17.8 Å². The molecule has 1 aliphatic rings. The first kappa shape index (κ1) is 29.6. The van der Waals surface area contributed by atoms with Crippen molar-refractivity contribution in [3.63, 3.8) is 0 Å². The fraction of sp³-hybridized carbons (Fsp3) is 0.481. The number of carbonyl (C=O) groups is 1. The lowest BCUT2D eigenvalue weighted by Gasteiger charge is -2.30. The third kappa shape index (κ3) is 8.53. The number of amides is 1. The number of hydrogen-bond donors (Lipinski definition) is 2. The highest BCUT2D eigenvalue weighted by Gasteiger charge is 2.44. The molecule has 1 amide bonds. The Morgan fingerprint density at radius 2 is 1.55 bits per heavy atom. The minimum absolute atomic E-state index is 0.120. The monoisotopic (exact) mass is 553 g/mol. The van der Waals surface area contributed by atoms with E-state index in [4.69, 9.17) is 0 Å². The second-order valence-electron chi connectivity index (χ2n) is 10.4. The van der Waals surface area contributed by atoms with Crippen LogP contribution in [0.25, 0.3) is 11.1 Å². The van der Waals surface area contributed by atoms with Crippen molar-refractivity contribution in [2.75, 3.05) is 6.26 Å². The van der Waals surface area contributed by atoms with Gasteiger partial charge >= 0.3 is 6.18 Å². The van der Waals surface area contributed by atoms with Gasteiger partial charge in [0.05, 0.1) is 17.0 Å². The molecule has 2 aromatic carbocycles. The van der Waals surface area contributed by atoms with E-state index in [1.807, 2.05) is 6.07 Å². The van der Waals surface area contributed by atoms with Gasteiger partial charge in [-0.25, -0.2) is 12.8 Å². The molecular weight excluding hydrogens is 522 g/mol. The first-order valence-electron chi connectivity index (χ1n) is 12.2. The third-order valence-electron chi connectivity index (χ3n) is 6.30. The zero-order chi connectivity index (χ0) is 28.3. The molecule has 11 heteroatoms. The Bertz CT molecular complexity index is 1260. The van der Waals surface area contributed by atoms with Crippen LogP contribution < -0.4 is 10.6 Å². The summed E-state index contributed by atoms with van der Waals surface area (Å²) >= 11 is 0. The molecule has 38 heavy (non-hydrogen) atoms. The van der Waals surface area contributed by atoms with E-state index in [-0.39, 0.29) is 10.5 Å². The van der Waals surface area contributed by atoms with Crippen molar-refractivity contribution >= 4 is 15.7 Å². The summed E-state index contributed by atoms with van der Waals surface area (Å²) in [6.45, 7) is 2.35. The van der Waals surface area contributed by atoms with Gasteiger partial charge in [-0.1, -0.05) is 49.2 Å². The highest BCUT2D eigenvalue weighted by Crippen LogP contribution is 2.36. The van der Waals surface area contributed by atoms with Gasteiger partial charge in [0, 0.05) is 12.7 Å². The number of rotatable bonds is 11. The molecule has 0 aromatic heterocycles. The van der Waals surface area contributed by atoms with Crippen LogP contribution in [0.1, 0.15) is 51.1 Å². The lowest BCUT2D eigenvalue weighted by atomic mass is 9.96. The zero-order valence-corrected chi connectivity index (χ0v) is 22.2. The molecule has 0 radical (unpaired) electrons. The molecule has 1 fully saturated rings. The number of alkyl halides is 4. The van der Waals surface area contributed by atoms with Crippen LogP contribution in [0.5, 0.6) is 0 Å². The number of nitrogens with zero attached hydrogens (tertiary/aromatic N) is 1. The van der Waals surface area contributed by atoms with E-state index in [1.54, 1.807) is 12.1 Å². The molecule has 0 saturated heterocycles. The molecule has 0 spiro atoms. The van der Waals surface area contributed by atoms with Crippen molar-refractivity contribution in [1.82, 2.24) is 10.6 Å². The Hall–Kier alpha value is -2.97. The number of benzene rings is 2. The van der Waals surface area contributed by atoms with Gasteiger partial charge in [0.2, 0.25) is 5.91 Å². The average Bonchev–Trinajstić information content (AvgIpc) is 3.63. The molecule has 2 N–H and O–H groups in total. The smallest absolute Gasteiger partial charge is 0.339 e. The van der Waals surface area contributed by atoms with Gasteiger partial charge in [0.15, 0.2) is 9.84 Å². The van der Waals surface area contributed by atoms with E-state index in [1.165, 1.54) is 50.2 Å². The quantitative estimate of drug-likeness (QED) is 0.370. The normalized spacial score (nSPS) is 16.8. The van der Waals surface area contributed by atoms with Crippen LogP contribution in [-0.4, -0.2) is 44.5 Å². The van der Waals surface area contributed by atoms with Gasteiger partial charge in [-0.05, 0) is 55.0 Å². The van der Waals surface area contributed by atoms with Crippen LogP contribution in [-0.2, 0) is 14.6 Å². The molecule has 0 bridgehead atoms. The van der Waals surface area contributed by atoms with Crippen LogP contribution in [0, 0.1) is 17.2 Å². The Balaban J connectivity index is 1.84. The minimum atomic E-state index is -4.81. The maximum Gasteiger partial charge on any atom is 0.407 e. The van der Waals surface area contributed by atoms with Gasteiger partial charge < -0.3 is 5.32 Å². The predicted octanol–water partition coefficient (Wildman–Crippen LogP) is 5.27. The SMILES string of the molecule is CC(C)(F)C[C@H](N[C@@H](c1ccc(-c2ccc(S(C)(=O)=O)cc2)cc1)C(F)(F)F)C(=O)NC(C#N)CC1CC1. The average molecular weight is 554 g/mol. The first-order valence-corrected chi connectivity index (χ1v) is 14.1. The molecule has 1 saturated carbocycles. The standard InChI is InChI=1S/C27H31F4N3O3S/c1-26(2,28)15-23(25(35)33-21(16-32)14-17-4-5-17)34-24(27(29,30)31)20-8-6-18(7-9-20)19-10-12-22(13-11-19)38(3,36)37/h6-13,17,21,23-24,34H,4-5,14-15H2,1-3H3,(H,33,35)/t21?,23-,24-/m0/s1. The third-order valence-corrected chi connectivity index (χ3v) is 7.43. The number of nitriles is 1. The molecular formula is C27H31F4N3O3S. The van der Waals surface area contributed by atoms with Crippen LogP contribution in [0.4, 0.5) is 17.6 Å². The van der Waals surface area contributed by atoms with E-state index in [2.05, 4.69) is 10.6 Å². The fourth-order valence-electron chi connectivity index (χ4n) is 4.16. The number of halogens is 4. The Labute approximate surface area is 220 Å². The van der Waals surface area contributed by atoms with Crippen molar-refractivity contribution < 1.29 is 30.8 Å². The van der Waals surface area contributed by atoms with Crippen LogP contribution in [0.2, 0.25) is 0 Å². The van der Waals surface area contributed by atoms with Crippen LogP contribution in [0.3, 0.4) is 0 Å². The summed E-state index contributed by atoms with van der Waals surface area (Å²) in [7, 11) is -3.39. The van der Waals surface area contributed by atoms with Crippen molar-refractivity contribution in [2.24, 2.45) is 5.92 Å². The topological polar surface area (TPSA) is 99.1 Å². The molecule has 3 rings (SSSR count). The lowest BCUT2D eigenvalue weighted by Crippen LogP contribution is -2.52. The van der Waals surface area contributed by atoms with Crippen molar-refractivity contribution in [3.8, 4) is 17.2 Å². The van der Waals surface area contributed by atoms with Crippen LogP contribution >= 0.6 is 0 Å². The van der Waals surface area contributed by atoms with Gasteiger partial charge in [-0.3, -0.25) is 10.1 Å². The summed E-state index contributed by atoms with van der Waals surface area (Å²) in [5.74, 6) is -0.562. The van der Waals surface area contributed by atoms with Gasteiger partial charge in [-0.2, -0.15) is 18.4 Å². The van der Waals surface area contributed by atoms with E-state index in [0.29, 0.717) is 23.5 Å². The molecule has 1 aliphatic carbocycles. The summed E-state index contributed by atoms with van der Waals surface area (Å²) < 4.78 is 80.3. The number of nitrogens with one attached hydrogen (secondary N) is 2. The highest BCUT2D eigenvalue weighted by molar-refractivity contribution is 7.90. The Kier molecular flexibility index (Phi) is 8.89. The maximum atomic E-state index is 14.5. The van der Waals surface area contributed by atoms with E-state index in [9.17, 15) is 36.0 Å². The molecule has 0 aliphatic heterocycles.